The molecule has 0 aliphatic carbocycles. The first-order valence-corrected chi connectivity index (χ1v) is 6.83. The SMILES string of the molecule is Cc1nc(C(F)(F)F)n2cc(-c3ccc(OC(F)(F)F)cc3)ncc12. The average molecular weight is 361 g/mol. The fourth-order valence-electron chi connectivity index (χ4n) is 2.31. The zero-order chi connectivity index (χ0) is 18.4. The van der Waals surface area contributed by atoms with Crippen LogP contribution in [0, 0.1) is 6.92 Å². The van der Waals surface area contributed by atoms with E-state index in [1.807, 2.05) is 0 Å². The highest BCUT2D eigenvalue weighted by atomic mass is 19.4. The molecule has 0 fully saturated rings. The van der Waals surface area contributed by atoms with E-state index >= 15 is 0 Å². The molecule has 0 amide bonds. The largest absolute Gasteiger partial charge is 0.573 e. The number of hydrogen-bond donors (Lipinski definition) is 0. The molecule has 0 aliphatic rings. The van der Waals surface area contributed by atoms with Crippen molar-refractivity contribution in [1.82, 2.24) is 14.4 Å². The quantitative estimate of drug-likeness (QED) is 0.625. The Morgan fingerprint density at radius 2 is 1.64 bits per heavy atom. The molecule has 132 valence electrons. The number of nitrogens with zero attached hydrogens (tertiary/aromatic N) is 3. The Kier molecular flexibility index (Phi) is 3.85. The van der Waals surface area contributed by atoms with Crippen molar-refractivity contribution in [3.05, 3.63) is 48.2 Å². The Morgan fingerprint density at radius 1 is 1.00 bits per heavy atom. The second-order valence-corrected chi connectivity index (χ2v) is 5.12. The van der Waals surface area contributed by atoms with Crippen molar-refractivity contribution in [3.63, 3.8) is 0 Å². The molecule has 0 spiro atoms. The summed E-state index contributed by atoms with van der Waals surface area (Å²) in [5, 5.41) is 0. The van der Waals surface area contributed by atoms with Crippen molar-refractivity contribution in [2.45, 2.75) is 19.5 Å². The number of hydrogen-bond acceptors (Lipinski definition) is 3. The Balaban J connectivity index is 2.02. The van der Waals surface area contributed by atoms with E-state index in [1.54, 1.807) is 0 Å². The normalized spacial score (nSPS) is 12.6. The molecule has 3 aromatic rings. The summed E-state index contributed by atoms with van der Waals surface area (Å²) < 4.78 is 80.2. The molecule has 0 saturated heterocycles. The van der Waals surface area contributed by atoms with Crippen LogP contribution in [0.25, 0.3) is 16.8 Å². The standard InChI is InChI=1S/C15H9F6N3O/c1-8-12-6-22-11(7-24(12)13(23-8)14(16,17)18)9-2-4-10(5-3-9)25-15(19,20)21/h2-7H,1H3. The van der Waals surface area contributed by atoms with Crippen molar-refractivity contribution in [2.24, 2.45) is 0 Å². The van der Waals surface area contributed by atoms with Gasteiger partial charge >= 0.3 is 12.5 Å². The van der Waals surface area contributed by atoms with Crippen LogP contribution in [0.1, 0.15) is 11.5 Å². The zero-order valence-corrected chi connectivity index (χ0v) is 12.5. The fraction of sp³-hybridized carbons (Fsp3) is 0.200. The van der Waals surface area contributed by atoms with Crippen molar-refractivity contribution < 1.29 is 31.1 Å². The first kappa shape index (κ1) is 17.1. The van der Waals surface area contributed by atoms with Gasteiger partial charge in [-0.05, 0) is 31.2 Å². The first-order chi connectivity index (χ1) is 11.5. The van der Waals surface area contributed by atoms with Crippen LogP contribution in [0.5, 0.6) is 5.75 Å². The van der Waals surface area contributed by atoms with Crippen LogP contribution in [-0.4, -0.2) is 20.7 Å². The highest BCUT2D eigenvalue weighted by molar-refractivity contribution is 5.62. The maximum atomic E-state index is 13.0. The van der Waals surface area contributed by atoms with Gasteiger partial charge in [-0.1, -0.05) is 0 Å². The maximum absolute atomic E-state index is 13.0. The summed E-state index contributed by atoms with van der Waals surface area (Å²) in [6.45, 7) is 1.43. The van der Waals surface area contributed by atoms with Gasteiger partial charge in [0.2, 0.25) is 5.82 Å². The van der Waals surface area contributed by atoms with Gasteiger partial charge in [0, 0.05) is 11.8 Å². The summed E-state index contributed by atoms with van der Waals surface area (Å²) in [6.07, 6.45) is -7.11. The predicted molar refractivity (Wildman–Crippen MR) is 74.8 cm³/mol. The number of halogens is 6. The van der Waals surface area contributed by atoms with Gasteiger partial charge in [-0.2, -0.15) is 13.2 Å². The molecular formula is C15H9F6N3O. The zero-order valence-electron chi connectivity index (χ0n) is 12.5. The van der Waals surface area contributed by atoms with Gasteiger partial charge in [0.25, 0.3) is 0 Å². The average Bonchev–Trinajstić information content (AvgIpc) is 2.83. The number of alkyl halides is 6. The summed E-state index contributed by atoms with van der Waals surface area (Å²) in [5.41, 5.74) is 0.832. The predicted octanol–water partition coefficient (Wildman–Crippen LogP) is 4.62. The molecule has 4 nitrogen and oxygen atoms in total. The van der Waals surface area contributed by atoms with Crippen LogP contribution in [-0.2, 0) is 6.18 Å². The van der Waals surface area contributed by atoms with Crippen LogP contribution >= 0.6 is 0 Å². The minimum Gasteiger partial charge on any atom is -0.406 e. The van der Waals surface area contributed by atoms with E-state index in [4.69, 9.17) is 0 Å². The van der Waals surface area contributed by atoms with Crippen molar-refractivity contribution in [1.29, 1.82) is 0 Å². The molecule has 0 aliphatic heterocycles. The minimum atomic E-state index is -4.82. The number of ether oxygens (including phenoxy) is 1. The van der Waals surface area contributed by atoms with Gasteiger partial charge in [0.05, 0.1) is 23.1 Å². The van der Waals surface area contributed by atoms with Crippen LogP contribution in [0.4, 0.5) is 26.3 Å². The molecule has 3 rings (SSSR count). The highest BCUT2D eigenvalue weighted by Crippen LogP contribution is 2.31. The van der Waals surface area contributed by atoms with E-state index < -0.39 is 24.1 Å². The van der Waals surface area contributed by atoms with Crippen LogP contribution < -0.4 is 4.74 Å². The van der Waals surface area contributed by atoms with Gasteiger partial charge in [0.1, 0.15) is 5.75 Å². The molecule has 0 atom stereocenters. The molecule has 0 unspecified atom stereocenters. The van der Waals surface area contributed by atoms with Crippen LogP contribution in [0.15, 0.2) is 36.7 Å². The second kappa shape index (κ2) is 5.64. The second-order valence-electron chi connectivity index (χ2n) is 5.12. The molecule has 25 heavy (non-hydrogen) atoms. The molecule has 0 radical (unpaired) electrons. The van der Waals surface area contributed by atoms with Crippen LogP contribution in [0.3, 0.4) is 0 Å². The Labute approximate surface area is 136 Å². The van der Waals surface area contributed by atoms with E-state index in [0.29, 0.717) is 5.56 Å². The van der Waals surface area contributed by atoms with Gasteiger partial charge in [-0.25, -0.2) is 4.98 Å². The summed E-state index contributed by atoms with van der Waals surface area (Å²) in [4.78, 5) is 7.55. The minimum absolute atomic E-state index is 0.147. The number of imidazole rings is 1. The Morgan fingerprint density at radius 3 is 2.20 bits per heavy atom. The fourth-order valence-corrected chi connectivity index (χ4v) is 2.31. The maximum Gasteiger partial charge on any atom is 0.573 e. The molecular weight excluding hydrogens is 352 g/mol. The van der Waals surface area contributed by atoms with Gasteiger partial charge < -0.3 is 4.74 Å². The lowest BCUT2D eigenvalue weighted by Gasteiger charge is -2.10. The van der Waals surface area contributed by atoms with Gasteiger partial charge in [0.15, 0.2) is 0 Å². The monoisotopic (exact) mass is 361 g/mol. The number of rotatable bonds is 2. The number of benzene rings is 1. The molecule has 2 heterocycles. The highest BCUT2D eigenvalue weighted by Gasteiger charge is 2.37. The smallest absolute Gasteiger partial charge is 0.406 e. The number of aryl methyl sites for hydroxylation is 1. The van der Waals surface area contributed by atoms with Crippen molar-refractivity contribution in [2.75, 3.05) is 0 Å². The van der Waals surface area contributed by atoms with E-state index in [2.05, 4.69) is 14.7 Å². The lowest BCUT2D eigenvalue weighted by Crippen LogP contribution is -2.16. The lowest BCUT2D eigenvalue weighted by atomic mass is 10.1. The third-order valence-corrected chi connectivity index (χ3v) is 3.35. The Hall–Kier alpha value is -2.78. The number of aromatic nitrogens is 3. The van der Waals surface area contributed by atoms with Gasteiger partial charge in [-0.15, -0.1) is 13.2 Å². The lowest BCUT2D eigenvalue weighted by molar-refractivity contribution is -0.274. The molecule has 10 heteroatoms. The third-order valence-electron chi connectivity index (χ3n) is 3.35. The molecule has 0 bridgehead atoms. The summed E-state index contributed by atoms with van der Waals surface area (Å²) in [5.74, 6) is -1.53. The van der Waals surface area contributed by atoms with E-state index in [1.165, 1.54) is 25.3 Å². The van der Waals surface area contributed by atoms with Crippen molar-refractivity contribution in [3.8, 4) is 17.0 Å². The molecule has 0 N–H and O–H groups in total. The molecule has 1 aromatic carbocycles. The van der Waals surface area contributed by atoms with E-state index in [9.17, 15) is 26.3 Å². The van der Waals surface area contributed by atoms with E-state index in [0.717, 1.165) is 22.7 Å². The summed E-state index contributed by atoms with van der Waals surface area (Å²) in [7, 11) is 0. The van der Waals surface area contributed by atoms with E-state index in [-0.39, 0.29) is 16.9 Å². The molecule has 2 aromatic heterocycles. The number of fused-ring (bicyclic) bond motifs is 1. The summed E-state index contributed by atoms with van der Waals surface area (Å²) in [6, 6.07) is 4.65. The topological polar surface area (TPSA) is 39.4 Å². The van der Waals surface area contributed by atoms with Crippen LogP contribution in [0.2, 0.25) is 0 Å². The molecule has 0 saturated carbocycles. The van der Waals surface area contributed by atoms with Crippen molar-refractivity contribution >= 4 is 5.52 Å². The first-order valence-electron chi connectivity index (χ1n) is 6.83. The summed E-state index contributed by atoms with van der Waals surface area (Å²) >= 11 is 0. The van der Waals surface area contributed by atoms with Gasteiger partial charge in [-0.3, -0.25) is 9.38 Å². The third kappa shape index (κ3) is 3.52. The Bertz CT molecular complexity index is 912.